The molecular formula is C28H26NO3+. The van der Waals surface area contributed by atoms with Crippen molar-refractivity contribution in [1.29, 1.82) is 0 Å². The van der Waals surface area contributed by atoms with Crippen LogP contribution in [-0.4, -0.2) is 12.9 Å². The molecule has 0 saturated carbocycles. The molecule has 5 rings (SSSR count). The molecule has 32 heavy (non-hydrogen) atoms. The van der Waals surface area contributed by atoms with Gasteiger partial charge in [0.2, 0.25) is 0 Å². The fraction of sp³-hybridized carbons (Fsp3) is 0.143. The summed E-state index contributed by atoms with van der Waals surface area (Å²) in [6, 6.07) is 33.1. The van der Waals surface area contributed by atoms with Crippen molar-refractivity contribution >= 4 is 17.1 Å². The zero-order valence-electron chi connectivity index (χ0n) is 18.2. The first-order chi connectivity index (χ1) is 15.7. The summed E-state index contributed by atoms with van der Waals surface area (Å²) in [5.74, 6) is 2.31. The van der Waals surface area contributed by atoms with Crippen LogP contribution in [0.25, 0.3) is 11.1 Å². The van der Waals surface area contributed by atoms with Gasteiger partial charge in [-0.3, -0.25) is 0 Å². The molecule has 0 radical (unpaired) electrons. The molecule has 0 spiro atoms. The quantitative estimate of drug-likeness (QED) is 0.307. The Morgan fingerprint density at radius 3 is 1.72 bits per heavy atom. The molecule has 0 fully saturated rings. The minimum absolute atomic E-state index is 0.275. The predicted octanol–water partition coefficient (Wildman–Crippen LogP) is 6.40. The Hall–Kier alpha value is -3.60. The van der Waals surface area contributed by atoms with Crippen molar-refractivity contribution in [2.75, 3.05) is 6.61 Å². The first-order valence-electron chi connectivity index (χ1n) is 11.0. The van der Waals surface area contributed by atoms with Crippen LogP contribution >= 0.6 is 0 Å². The Morgan fingerprint density at radius 1 is 0.656 bits per heavy atom. The number of para-hydroxylation sites is 2. The molecule has 0 bridgehead atoms. The summed E-state index contributed by atoms with van der Waals surface area (Å²) in [6.45, 7) is 4.45. The van der Waals surface area contributed by atoms with Gasteiger partial charge >= 0.3 is 0 Å². The van der Waals surface area contributed by atoms with Crippen molar-refractivity contribution in [3.63, 3.8) is 0 Å². The monoisotopic (exact) mass is 424 g/mol. The Bertz CT molecular complexity index is 1160. The molecule has 4 heteroatoms. The fourth-order valence-electron chi connectivity index (χ4n) is 4.20. The molecule has 1 unspecified atom stereocenters. The highest BCUT2D eigenvalue weighted by Gasteiger charge is 2.32. The van der Waals surface area contributed by atoms with E-state index < -0.39 is 0 Å². The summed E-state index contributed by atoms with van der Waals surface area (Å²) in [4.78, 5) is 1.27. The molecule has 1 atom stereocenters. The second kappa shape index (κ2) is 8.87. The van der Waals surface area contributed by atoms with E-state index in [0.29, 0.717) is 6.61 Å². The van der Waals surface area contributed by atoms with Crippen molar-refractivity contribution in [1.82, 2.24) is 0 Å². The fourth-order valence-corrected chi connectivity index (χ4v) is 4.20. The molecule has 1 N–H and O–H groups in total. The number of hydrogen-bond acceptors (Lipinski definition) is 3. The van der Waals surface area contributed by atoms with Gasteiger partial charge in [0, 0.05) is 42.0 Å². The third-order valence-corrected chi connectivity index (χ3v) is 5.59. The molecule has 4 nitrogen and oxygen atoms in total. The normalized spacial score (nSPS) is 13.3. The topological polar surface area (TPSA) is 32.1 Å². The number of hydrogen-bond donors (Lipinski definition) is 1. The minimum atomic E-state index is -0.275. The van der Waals surface area contributed by atoms with Crippen molar-refractivity contribution in [2.45, 2.75) is 20.1 Å². The van der Waals surface area contributed by atoms with Gasteiger partial charge in [-0.2, -0.15) is 0 Å². The van der Waals surface area contributed by atoms with E-state index in [2.05, 4.69) is 60.7 Å². The lowest BCUT2D eigenvalue weighted by atomic mass is 10.1. The maximum Gasteiger partial charge on any atom is 0.196 e. The van der Waals surface area contributed by atoms with Gasteiger partial charge in [0.25, 0.3) is 0 Å². The third-order valence-electron chi connectivity index (χ3n) is 5.59. The third kappa shape index (κ3) is 3.98. The second-order valence-corrected chi connectivity index (χ2v) is 7.70. The van der Waals surface area contributed by atoms with Crippen molar-refractivity contribution in [3.05, 3.63) is 97.1 Å². The van der Waals surface area contributed by atoms with Gasteiger partial charge in [-0.15, -0.1) is 0 Å². The van der Waals surface area contributed by atoms with E-state index >= 15 is 0 Å². The van der Waals surface area contributed by atoms with Crippen LogP contribution in [0.5, 0.6) is 17.2 Å². The summed E-state index contributed by atoms with van der Waals surface area (Å²) in [6.07, 6.45) is -0.275. The lowest BCUT2D eigenvalue weighted by Gasteiger charge is -2.15. The molecule has 0 aromatic heterocycles. The van der Waals surface area contributed by atoms with E-state index in [0.717, 1.165) is 17.2 Å². The largest absolute Gasteiger partial charge is 0.465 e. The van der Waals surface area contributed by atoms with E-state index in [4.69, 9.17) is 14.2 Å². The van der Waals surface area contributed by atoms with Crippen LogP contribution in [-0.2, 0) is 4.74 Å². The number of nitrogens with one attached hydrogen (secondary N) is 1. The average Bonchev–Trinajstić information content (AvgIpc) is 3.16. The van der Waals surface area contributed by atoms with Gasteiger partial charge in [0.15, 0.2) is 6.29 Å². The number of quaternary nitrogens is 1. The Kier molecular flexibility index (Phi) is 5.63. The number of ether oxygens (including phenoxy) is 3. The van der Waals surface area contributed by atoms with Gasteiger partial charge < -0.3 is 14.2 Å². The second-order valence-electron chi connectivity index (χ2n) is 7.70. The van der Waals surface area contributed by atoms with Crippen molar-refractivity contribution in [3.8, 4) is 28.4 Å². The standard InChI is InChI=1S/C28H25NO3/c1-3-30-20(2)31-22-16-18-24(19-17-22)32-23-14-12-21(13-15-23)29-27-10-6-4-8-25(27)26-9-5-7-11-28(26)29/h4-20H,3H2,1-2H3/p+1. The maximum absolute atomic E-state index is 6.05. The molecule has 4 aromatic carbocycles. The molecule has 1 heterocycles. The van der Waals surface area contributed by atoms with Crippen LogP contribution in [0.4, 0.5) is 17.1 Å². The molecule has 160 valence electrons. The Morgan fingerprint density at radius 2 is 1.16 bits per heavy atom. The SMILES string of the molecule is CCOC(C)Oc1ccc(Oc2ccc([NH+]3c4ccccc4-c4ccccc43)cc2)cc1. The summed E-state index contributed by atoms with van der Waals surface area (Å²) in [7, 11) is 0. The van der Waals surface area contributed by atoms with Crippen LogP contribution in [0, 0.1) is 0 Å². The first-order valence-corrected chi connectivity index (χ1v) is 11.0. The van der Waals surface area contributed by atoms with E-state index in [1.807, 2.05) is 50.2 Å². The highest BCUT2D eigenvalue weighted by molar-refractivity contribution is 5.86. The Balaban J connectivity index is 1.33. The predicted molar refractivity (Wildman–Crippen MR) is 126 cm³/mol. The van der Waals surface area contributed by atoms with Crippen LogP contribution in [0.15, 0.2) is 97.1 Å². The molecule has 0 saturated heterocycles. The zero-order valence-corrected chi connectivity index (χ0v) is 18.2. The van der Waals surface area contributed by atoms with Gasteiger partial charge in [0.05, 0.1) is 0 Å². The average molecular weight is 425 g/mol. The Labute approximate surface area is 188 Å². The van der Waals surface area contributed by atoms with Crippen LogP contribution < -0.4 is 14.4 Å². The lowest BCUT2D eigenvalue weighted by molar-refractivity contribution is -0.677. The summed E-state index contributed by atoms with van der Waals surface area (Å²) < 4.78 is 17.2. The molecule has 4 aromatic rings. The van der Waals surface area contributed by atoms with Gasteiger partial charge in [0.1, 0.15) is 34.3 Å². The first kappa shape index (κ1) is 20.3. The zero-order chi connectivity index (χ0) is 21.9. The lowest BCUT2D eigenvalue weighted by Crippen LogP contribution is -2.95. The number of rotatable bonds is 7. The van der Waals surface area contributed by atoms with Crippen molar-refractivity contribution in [2.24, 2.45) is 0 Å². The van der Waals surface area contributed by atoms with Gasteiger partial charge in [-0.25, -0.2) is 4.90 Å². The van der Waals surface area contributed by atoms with E-state index in [9.17, 15) is 0 Å². The molecule has 1 aliphatic heterocycles. The molecule has 0 amide bonds. The number of fused-ring (bicyclic) bond motifs is 3. The highest BCUT2D eigenvalue weighted by atomic mass is 16.7. The van der Waals surface area contributed by atoms with Crippen LogP contribution in [0.3, 0.4) is 0 Å². The van der Waals surface area contributed by atoms with E-state index in [1.54, 1.807) is 0 Å². The van der Waals surface area contributed by atoms with Crippen molar-refractivity contribution < 1.29 is 19.1 Å². The van der Waals surface area contributed by atoms with Gasteiger partial charge in [-0.1, -0.05) is 24.3 Å². The van der Waals surface area contributed by atoms with E-state index in [1.165, 1.54) is 33.1 Å². The highest BCUT2D eigenvalue weighted by Crippen LogP contribution is 2.38. The smallest absolute Gasteiger partial charge is 0.196 e. The summed E-state index contributed by atoms with van der Waals surface area (Å²) >= 11 is 0. The molecular weight excluding hydrogens is 398 g/mol. The van der Waals surface area contributed by atoms with Crippen LogP contribution in [0.1, 0.15) is 13.8 Å². The number of benzene rings is 4. The minimum Gasteiger partial charge on any atom is -0.465 e. The van der Waals surface area contributed by atoms with Gasteiger partial charge in [-0.05, 0) is 62.4 Å². The molecule has 0 aliphatic carbocycles. The summed E-state index contributed by atoms with van der Waals surface area (Å²) in [5, 5.41) is 0. The summed E-state index contributed by atoms with van der Waals surface area (Å²) in [5.41, 5.74) is 6.32. The van der Waals surface area contributed by atoms with E-state index in [-0.39, 0.29) is 6.29 Å². The van der Waals surface area contributed by atoms with Crippen LogP contribution in [0.2, 0.25) is 0 Å². The molecule has 1 aliphatic rings. The maximum atomic E-state index is 6.05.